The van der Waals surface area contributed by atoms with Gasteiger partial charge in [0, 0.05) is 17.3 Å². The van der Waals surface area contributed by atoms with Crippen LogP contribution in [0.3, 0.4) is 0 Å². The lowest BCUT2D eigenvalue weighted by Crippen LogP contribution is -2.02. The molecule has 0 fully saturated rings. The molecular weight excluding hydrogens is 346 g/mol. The molecule has 0 aliphatic carbocycles. The maximum absolute atomic E-state index is 12.4. The highest BCUT2D eigenvalue weighted by Gasteiger charge is 2.07. The van der Waals surface area contributed by atoms with Crippen molar-refractivity contribution < 1.29 is 9.53 Å². The number of para-hydroxylation sites is 2. The van der Waals surface area contributed by atoms with Gasteiger partial charge in [-0.3, -0.25) is 4.79 Å². The van der Waals surface area contributed by atoms with Gasteiger partial charge < -0.3 is 10.1 Å². The molecule has 28 heavy (non-hydrogen) atoms. The molecule has 0 heterocycles. The molecule has 0 aliphatic rings. The summed E-state index contributed by atoms with van der Waals surface area (Å²) in [4.78, 5) is 12.4. The standard InChI is InChI=1S/C25H25NO2/c1-18(2)20-13-15-22(16-14-20)28-25-12-8-7-11-23(25)26-19(3)17-24(27)21-9-5-4-6-10-21/h4-18,26H,1-3H3. The number of carbonyl (C=O) groups excluding carboxylic acids is 1. The molecule has 3 nitrogen and oxygen atoms in total. The molecule has 0 aromatic heterocycles. The van der Waals surface area contributed by atoms with Crippen LogP contribution in [0, 0.1) is 0 Å². The van der Waals surface area contributed by atoms with Crippen LogP contribution < -0.4 is 10.1 Å². The van der Waals surface area contributed by atoms with Gasteiger partial charge in [-0.25, -0.2) is 0 Å². The summed E-state index contributed by atoms with van der Waals surface area (Å²) in [5.41, 5.74) is 3.50. The second kappa shape index (κ2) is 9.05. The van der Waals surface area contributed by atoms with E-state index in [0.717, 1.165) is 17.1 Å². The van der Waals surface area contributed by atoms with Gasteiger partial charge in [0.15, 0.2) is 11.5 Å². The number of ether oxygens (including phenoxy) is 1. The van der Waals surface area contributed by atoms with Crippen LogP contribution in [-0.4, -0.2) is 5.78 Å². The first-order valence-corrected chi connectivity index (χ1v) is 9.44. The number of carbonyl (C=O) groups is 1. The molecule has 0 amide bonds. The Morgan fingerprint density at radius 3 is 2.21 bits per heavy atom. The molecule has 0 unspecified atom stereocenters. The maximum Gasteiger partial charge on any atom is 0.187 e. The van der Waals surface area contributed by atoms with Crippen molar-refractivity contribution >= 4 is 11.5 Å². The molecule has 0 atom stereocenters. The van der Waals surface area contributed by atoms with Crippen molar-refractivity contribution in [3.8, 4) is 11.5 Å². The number of hydrogen-bond acceptors (Lipinski definition) is 3. The van der Waals surface area contributed by atoms with Crippen molar-refractivity contribution in [2.75, 3.05) is 5.32 Å². The fraction of sp³-hybridized carbons (Fsp3) is 0.160. The van der Waals surface area contributed by atoms with E-state index in [2.05, 4.69) is 31.3 Å². The Balaban J connectivity index is 1.74. The van der Waals surface area contributed by atoms with Gasteiger partial charge in [0.2, 0.25) is 0 Å². The summed E-state index contributed by atoms with van der Waals surface area (Å²) in [6.07, 6.45) is 1.60. The zero-order chi connectivity index (χ0) is 19.9. The Morgan fingerprint density at radius 2 is 1.54 bits per heavy atom. The number of nitrogens with one attached hydrogen (secondary N) is 1. The summed E-state index contributed by atoms with van der Waals surface area (Å²) in [6, 6.07) is 25.1. The lowest BCUT2D eigenvalue weighted by atomic mass is 10.0. The molecule has 1 N–H and O–H groups in total. The molecule has 0 saturated carbocycles. The minimum Gasteiger partial charge on any atom is -0.455 e. The second-order valence-electron chi connectivity index (χ2n) is 7.00. The molecule has 0 saturated heterocycles. The fourth-order valence-corrected chi connectivity index (χ4v) is 2.84. The van der Waals surface area contributed by atoms with Crippen LogP contribution in [0.25, 0.3) is 0 Å². The Labute approximate surface area is 166 Å². The van der Waals surface area contributed by atoms with Crippen molar-refractivity contribution in [2.24, 2.45) is 0 Å². The molecular formula is C25H25NO2. The molecule has 0 aliphatic heterocycles. The number of ketones is 1. The van der Waals surface area contributed by atoms with Crippen molar-refractivity contribution in [2.45, 2.75) is 26.7 Å². The summed E-state index contributed by atoms with van der Waals surface area (Å²) in [6.45, 7) is 6.21. The van der Waals surface area contributed by atoms with Crippen LogP contribution in [0.2, 0.25) is 0 Å². The molecule has 0 bridgehead atoms. The van der Waals surface area contributed by atoms with Crippen LogP contribution >= 0.6 is 0 Å². The number of anilines is 1. The van der Waals surface area contributed by atoms with Crippen LogP contribution in [0.5, 0.6) is 11.5 Å². The van der Waals surface area contributed by atoms with Gasteiger partial charge in [0.1, 0.15) is 5.75 Å². The third-order valence-electron chi connectivity index (χ3n) is 4.40. The van der Waals surface area contributed by atoms with E-state index in [1.54, 1.807) is 6.08 Å². The molecule has 3 rings (SSSR count). The van der Waals surface area contributed by atoms with Crippen LogP contribution in [-0.2, 0) is 0 Å². The van der Waals surface area contributed by atoms with E-state index in [1.165, 1.54) is 5.56 Å². The first-order valence-electron chi connectivity index (χ1n) is 9.44. The zero-order valence-corrected chi connectivity index (χ0v) is 16.5. The van der Waals surface area contributed by atoms with Crippen molar-refractivity contribution in [3.05, 3.63) is 102 Å². The lowest BCUT2D eigenvalue weighted by Gasteiger charge is -2.14. The predicted octanol–water partition coefficient (Wildman–Crippen LogP) is 6.80. The van der Waals surface area contributed by atoms with E-state index in [-0.39, 0.29) is 5.78 Å². The number of rotatable bonds is 7. The van der Waals surface area contributed by atoms with E-state index >= 15 is 0 Å². The van der Waals surface area contributed by atoms with Gasteiger partial charge in [-0.1, -0.05) is 68.4 Å². The molecule has 3 heteroatoms. The Morgan fingerprint density at radius 1 is 0.893 bits per heavy atom. The summed E-state index contributed by atoms with van der Waals surface area (Å²) >= 11 is 0. The van der Waals surface area contributed by atoms with E-state index in [9.17, 15) is 4.79 Å². The molecule has 0 radical (unpaired) electrons. The van der Waals surface area contributed by atoms with Crippen molar-refractivity contribution in [3.63, 3.8) is 0 Å². The van der Waals surface area contributed by atoms with Gasteiger partial charge in [0.25, 0.3) is 0 Å². The smallest absolute Gasteiger partial charge is 0.187 e. The first-order chi connectivity index (χ1) is 13.5. The van der Waals surface area contributed by atoms with Gasteiger partial charge in [0.05, 0.1) is 5.69 Å². The molecule has 3 aromatic carbocycles. The van der Waals surface area contributed by atoms with E-state index < -0.39 is 0 Å². The van der Waals surface area contributed by atoms with Crippen LogP contribution in [0.15, 0.2) is 90.6 Å². The second-order valence-corrected chi connectivity index (χ2v) is 7.00. The third-order valence-corrected chi connectivity index (χ3v) is 4.40. The van der Waals surface area contributed by atoms with Crippen molar-refractivity contribution in [1.82, 2.24) is 0 Å². The Bertz CT molecular complexity index is 957. The maximum atomic E-state index is 12.4. The zero-order valence-electron chi connectivity index (χ0n) is 16.5. The highest BCUT2D eigenvalue weighted by molar-refractivity contribution is 6.05. The SMILES string of the molecule is CC(=CC(=O)c1ccccc1)Nc1ccccc1Oc1ccc(C(C)C)cc1. The number of allylic oxidation sites excluding steroid dienone is 2. The minimum absolute atomic E-state index is 0.0340. The van der Waals surface area contributed by atoms with Gasteiger partial charge in [-0.05, 0) is 42.7 Å². The molecule has 3 aromatic rings. The highest BCUT2D eigenvalue weighted by Crippen LogP contribution is 2.31. The third kappa shape index (κ3) is 5.10. The van der Waals surface area contributed by atoms with Crippen LogP contribution in [0.1, 0.15) is 42.6 Å². The minimum atomic E-state index is -0.0340. The van der Waals surface area contributed by atoms with Crippen molar-refractivity contribution in [1.29, 1.82) is 0 Å². The Hall–Kier alpha value is -3.33. The quantitative estimate of drug-likeness (QED) is 0.366. The molecule has 0 spiro atoms. The first kappa shape index (κ1) is 19.4. The van der Waals surface area contributed by atoms with Crippen LogP contribution in [0.4, 0.5) is 5.69 Å². The monoisotopic (exact) mass is 371 g/mol. The number of benzene rings is 3. The van der Waals surface area contributed by atoms with Gasteiger partial charge in [-0.2, -0.15) is 0 Å². The fourth-order valence-electron chi connectivity index (χ4n) is 2.84. The van der Waals surface area contributed by atoms with Gasteiger partial charge >= 0.3 is 0 Å². The molecule has 142 valence electrons. The average molecular weight is 371 g/mol. The summed E-state index contributed by atoms with van der Waals surface area (Å²) in [5, 5.41) is 3.28. The summed E-state index contributed by atoms with van der Waals surface area (Å²) < 4.78 is 6.06. The normalized spacial score (nSPS) is 11.4. The summed E-state index contributed by atoms with van der Waals surface area (Å²) in [7, 11) is 0. The lowest BCUT2D eigenvalue weighted by molar-refractivity contribution is 0.104. The van der Waals surface area contributed by atoms with Gasteiger partial charge in [-0.15, -0.1) is 0 Å². The highest BCUT2D eigenvalue weighted by atomic mass is 16.5. The largest absolute Gasteiger partial charge is 0.455 e. The van der Waals surface area contributed by atoms with E-state index in [1.807, 2.05) is 73.7 Å². The number of hydrogen-bond donors (Lipinski definition) is 1. The average Bonchev–Trinajstić information content (AvgIpc) is 2.70. The van der Waals surface area contributed by atoms with E-state index in [4.69, 9.17) is 4.74 Å². The topological polar surface area (TPSA) is 38.3 Å². The summed E-state index contributed by atoms with van der Waals surface area (Å²) in [5.74, 6) is 1.94. The predicted molar refractivity (Wildman–Crippen MR) is 115 cm³/mol. The van der Waals surface area contributed by atoms with E-state index in [0.29, 0.717) is 17.2 Å². The Kier molecular flexibility index (Phi) is 6.28.